The number of aryl methyl sites for hydroxylation is 1. The van der Waals surface area contributed by atoms with Crippen LogP contribution in [0.25, 0.3) is 17.1 Å². The van der Waals surface area contributed by atoms with Crippen LogP contribution in [0.15, 0.2) is 47.1 Å². The smallest absolute Gasteiger partial charge is 0.246 e. The first-order valence-corrected chi connectivity index (χ1v) is 9.71. The maximum Gasteiger partial charge on any atom is 0.246 e. The molecule has 0 saturated carbocycles. The number of fused-ring (bicyclic) bond motifs is 1. The van der Waals surface area contributed by atoms with E-state index in [9.17, 15) is 9.59 Å². The van der Waals surface area contributed by atoms with E-state index in [2.05, 4.69) is 20.4 Å². The summed E-state index contributed by atoms with van der Waals surface area (Å²) in [5.41, 5.74) is 2.25. The second-order valence-electron chi connectivity index (χ2n) is 7.09. The van der Waals surface area contributed by atoms with Crippen LogP contribution in [0.5, 0.6) is 0 Å². The molecule has 1 saturated heterocycles. The summed E-state index contributed by atoms with van der Waals surface area (Å²) in [5, 5.41) is 6.46. The highest BCUT2D eigenvalue weighted by Gasteiger charge is 2.21. The second-order valence-corrected chi connectivity index (χ2v) is 7.09. The SMILES string of the molecule is Cc1cc(NC(=O)CN2CCN(C(=O)/C=C/c3cnc4ccccc4n3)CC2)no1. The van der Waals surface area contributed by atoms with Gasteiger partial charge in [0.25, 0.3) is 0 Å². The molecule has 0 spiro atoms. The molecule has 1 aliphatic rings. The Kier molecular flexibility index (Phi) is 5.80. The predicted octanol–water partition coefficient (Wildman–Crippen LogP) is 1.72. The van der Waals surface area contributed by atoms with Crippen LogP contribution in [-0.2, 0) is 9.59 Å². The van der Waals surface area contributed by atoms with Crippen molar-refractivity contribution in [3.8, 4) is 0 Å². The maximum atomic E-state index is 12.5. The van der Waals surface area contributed by atoms with E-state index in [0.29, 0.717) is 43.5 Å². The van der Waals surface area contributed by atoms with E-state index in [1.54, 1.807) is 30.2 Å². The molecule has 3 aromatic rings. The summed E-state index contributed by atoms with van der Waals surface area (Å²) < 4.78 is 4.93. The van der Waals surface area contributed by atoms with Crippen LogP contribution in [0.2, 0.25) is 0 Å². The van der Waals surface area contributed by atoms with Crippen molar-refractivity contribution in [3.05, 3.63) is 54.1 Å². The van der Waals surface area contributed by atoms with Crippen LogP contribution in [-0.4, -0.2) is 69.5 Å². The zero-order valence-electron chi connectivity index (χ0n) is 16.6. The molecule has 9 nitrogen and oxygen atoms in total. The van der Waals surface area contributed by atoms with Crippen LogP contribution in [0.3, 0.4) is 0 Å². The van der Waals surface area contributed by atoms with Gasteiger partial charge in [-0.3, -0.25) is 19.5 Å². The summed E-state index contributed by atoms with van der Waals surface area (Å²) >= 11 is 0. The minimum atomic E-state index is -0.155. The first-order chi connectivity index (χ1) is 14.6. The van der Waals surface area contributed by atoms with Gasteiger partial charge in [-0.15, -0.1) is 0 Å². The maximum absolute atomic E-state index is 12.5. The number of carbonyl (C=O) groups excluding carboxylic acids is 2. The standard InChI is InChI=1S/C21H22N6O3/c1-15-12-19(25-30-15)24-20(28)14-26-8-10-27(11-9-26)21(29)7-6-16-13-22-17-4-2-3-5-18(17)23-16/h2-7,12-13H,8-11,14H2,1H3,(H,24,25,28)/b7-6+. The van der Waals surface area contributed by atoms with Crippen molar-refractivity contribution in [1.29, 1.82) is 0 Å². The average molecular weight is 406 g/mol. The van der Waals surface area contributed by atoms with Gasteiger partial charge < -0.3 is 14.7 Å². The summed E-state index contributed by atoms with van der Waals surface area (Å²) in [4.78, 5) is 37.2. The third-order valence-corrected chi connectivity index (χ3v) is 4.81. The van der Waals surface area contributed by atoms with Gasteiger partial charge in [0.05, 0.1) is 29.5 Å². The lowest BCUT2D eigenvalue weighted by molar-refractivity contribution is -0.127. The third kappa shape index (κ3) is 4.87. The predicted molar refractivity (Wildman–Crippen MR) is 111 cm³/mol. The number of carbonyl (C=O) groups is 2. The molecular weight excluding hydrogens is 384 g/mol. The zero-order chi connectivity index (χ0) is 20.9. The lowest BCUT2D eigenvalue weighted by Gasteiger charge is -2.33. The summed E-state index contributed by atoms with van der Waals surface area (Å²) in [6, 6.07) is 9.27. The van der Waals surface area contributed by atoms with E-state index in [4.69, 9.17) is 4.52 Å². The Morgan fingerprint density at radius 2 is 1.93 bits per heavy atom. The second kappa shape index (κ2) is 8.83. The minimum Gasteiger partial charge on any atom is -0.360 e. The number of hydrogen-bond acceptors (Lipinski definition) is 7. The molecule has 0 radical (unpaired) electrons. The lowest BCUT2D eigenvalue weighted by Crippen LogP contribution is -2.50. The minimum absolute atomic E-state index is 0.0767. The van der Waals surface area contributed by atoms with E-state index >= 15 is 0 Å². The fraction of sp³-hybridized carbons (Fsp3) is 0.286. The van der Waals surface area contributed by atoms with E-state index in [0.717, 1.165) is 11.0 Å². The highest BCUT2D eigenvalue weighted by molar-refractivity contribution is 5.92. The molecule has 2 amide bonds. The Balaban J connectivity index is 1.26. The molecule has 1 fully saturated rings. The molecule has 1 N–H and O–H groups in total. The van der Waals surface area contributed by atoms with Crippen LogP contribution >= 0.6 is 0 Å². The molecule has 1 aliphatic heterocycles. The van der Waals surface area contributed by atoms with Crippen molar-refractivity contribution in [2.45, 2.75) is 6.92 Å². The van der Waals surface area contributed by atoms with Gasteiger partial charge in [0, 0.05) is 38.3 Å². The number of aromatic nitrogens is 3. The number of amides is 2. The van der Waals surface area contributed by atoms with Gasteiger partial charge in [0.2, 0.25) is 11.8 Å². The van der Waals surface area contributed by atoms with Crippen LogP contribution in [0, 0.1) is 6.92 Å². The molecule has 154 valence electrons. The lowest BCUT2D eigenvalue weighted by atomic mass is 10.2. The average Bonchev–Trinajstić information content (AvgIpc) is 3.16. The molecule has 3 heterocycles. The molecule has 0 unspecified atom stereocenters. The Morgan fingerprint density at radius 1 is 1.17 bits per heavy atom. The van der Waals surface area contributed by atoms with E-state index < -0.39 is 0 Å². The van der Waals surface area contributed by atoms with Crippen molar-refractivity contribution in [2.24, 2.45) is 0 Å². The summed E-state index contributed by atoms with van der Waals surface area (Å²) in [7, 11) is 0. The molecule has 30 heavy (non-hydrogen) atoms. The molecular formula is C21H22N6O3. The fourth-order valence-electron chi connectivity index (χ4n) is 3.25. The number of piperazine rings is 1. The Hall–Kier alpha value is -3.59. The topological polar surface area (TPSA) is 104 Å². The summed E-state index contributed by atoms with van der Waals surface area (Å²) in [6.07, 6.45) is 4.86. The van der Waals surface area contributed by atoms with Gasteiger partial charge in [-0.1, -0.05) is 17.3 Å². The summed E-state index contributed by atoms with van der Waals surface area (Å²) in [6.45, 7) is 4.38. The molecule has 1 aromatic carbocycles. The fourth-order valence-corrected chi connectivity index (χ4v) is 3.25. The van der Waals surface area contributed by atoms with E-state index in [-0.39, 0.29) is 18.4 Å². The first kappa shape index (κ1) is 19.7. The highest BCUT2D eigenvalue weighted by atomic mass is 16.5. The van der Waals surface area contributed by atoms with Crippen LogP contribution in [0.1, 0.15) is 11.5 Å². The Labute approximate surface area is 173 Å². The molecule has 4 rings (SSSR count). The number of para-hydroxylation sites is 2. The van der Waals surface area contributed by atoms with Crippen LogP contribution in [0.4, 0.5) is 5.82 Å². The summed E-state index contributed by atoms with van der Waals surface area (Å²) in [5.74, 6) is 0.818. The van der Waals surface area contributed by atoms with Crippen LogP contribution < -0.4 is 5.32 Å². The number of rotatable bonds is 5. The van der Waals surface area contributed by atoms with Gasteiger partial charge in [0.15, 0.2) is 5.82 Å². The molecule has 0 atom stereocenters. The van der Waals surface area contributed by atoms with Gasteiger partial charge in [-0.25, -0.2) is 4.98 Å². The van der Waals surface area contributed by atoms with Gasteiger partial charge in [-0.05, 0) is 25.1 Å². The van der Waals surface area contributed by atoms with Crippen molar-refractivity contribution < 1.29 is 14.1 Å². The van der Waals surface area contributed by atoms with Crippen molar-refractivity contribution in [2.75, 3.05) is 38.0 Å². The Bertz CT molecular complexity index is 1090. The van der Waals surface area contributed by atoms with Crippen molar-refractivity contribution in [3.63, 3.8) is 0 Å². The largest absolute Gasteiger partial charge is 0.360 e. The quantitative estimate of drug-likeness (QED) is 0.643. The number of hydrogen-bond donors (Lipinski definition) is 1. The third-order valence-electron chi connectivity index (χ3n) is 4.81. The number of nitrogens with zero attached hydrogens (tertiary/aromatic N) is 5. The Morgan fingerprint density at radius 3 is 2.67 bits per heavy atom. The molecule has 0 bridgehead atoms. The van der Waals surface area contributed by atoms with Crippen molar-refractivity contribution >= 4 is 34.7 Å². The monoisotopic (exact) mass is 406 g/mol. The normalized spacial score (nSPS) is 15.0. The van der Waals surface area contributed by atoms with E-state index in [1.807, 2.05) is 29.2 Å². The highest BCUT2D eigenvalue weighted by Crippen LogP contribution is 2.11. The molecule has 0 aliphatic carbocycles. The van der Waals surface area contributed by atoms with Gasteiger partial charge >= 0.3 is 0 Å². The van der Waals surface area contributed by atoms with Gasteiger partial charge in [-0.2, -0.15) is 0 Å². The number of nitrogens with one attached hydrogen (secondary N) is 1. The molecule has 2 aromatic heterocycles. The first-order valence-electron chi connectivity index (χ1n) is 9.71. The number of anilines is 1. The number of benzene rings is 1. The van der Waals surface area contributed by atoms with Crippen molar-refractivity contribution in [1.82, 2.24) is 24.9 Å². The van der Waals surface area contributed by atoms with Gasteiger partial charge in [0.1, 0.15) is 5.76 Å². The van der Waals surface area contributed by atoms with E-state index in [1.165, 1.54) is 6.08 Å². The molecule has 9 heteroatoms. The zero-order valence-corrected chi connectivity index (χ0v) is 16.6.